The fourth-order valence-electron chi connectivity index (χ4n) is 1.19. The summed E-state index contributed by atoms with van der Waals surface area (Å²) in [4.78, 5) is 0. The molecule has 4 N–H and O–H groups in total. The summed E-state index contributed by atoms with van der Waals surface area (Å²) < 4.78 is 37.5. The van der Waals surface area contributed by atoms with Crippen LogP contribution in [0.3, 0.4) is 0 Å². The molecule has 0 radical (unpaired) electrons. The van der Waals surface area contributed by atoms with E-state index in [1.54, 1.807) is 0 Å². The van der Waals surface area contributed by atoms with Crippen molar-refractivity contribution in [1.29, 1.82) is 0 Å². The van der Waals surface area contributed by atoms with Crippen molar-refractivity contribution in [3.8, 4) is 11.8 Å². The molecule has 0 bridgehead atoms. The van der Waals surface area contributed by atoms with Crippen LogP contribution in [-0.4, -0.2) is 16.5 Å². The first kappa shape index (κ1) is 13.5. The zero-order valence-electron chi connectivity index (χ0n) is 8.62. The Morgan fingerprint density at radius 1 is 1.24 bits per heavy atom. The van der Waals surface area contributed by atoms with Gasteiger partial charge in [0, 0.05) is 12.1 Å². The Morgan fingerprint density at radius 2 is 1.88 bits per heavy atom. The zero-order valence-corrected chi connectivity index (χ0v) is 8.62. The highest BCUT2D eigenvalue weighted by Gasteiger charge is 2.30. The molecule has 0 fully saturated rings. The van der Waals surface area contributed by atoms with Crippen LogP contribution in [0.4, 0.5) is 13.2 Å². The molecule has 3 nitrogen and oxygen atoms in total. The summed E-state index contributed by atoms with van der Waals surface area (Å²) in [6.07, 6.45) is -6.37. The molecule has 0 aromatic heterocycles. The first-order valence-corrected chi connectivity index (χ1v) is 4.62. The van der Waals surface area contributed by atoms with Gasteiger partial charge in [-0.15, -0.1) is 0 Å². The summed E-state index contributed by atoms with van der Waals surface area (Å²) in [5.41, 5.74) is 4.72. The number of hydrogen-bond acceptors (Lipinski definition) is 3. The zero-order chi connectivity index (χ0) is 13.1. The third kappa shape index (κ3) is 4.07. The second-order valence-corrected chi connectivity index (χ2v) is 3.26. The van der Waals surface area contributed by atoms with E-state index in [0.717, 1.165) is 12.1 Å². The number of nitrogens with two attached hydrogens (primary N) is 1. The number of hydrogen-bond donors (Lipinski definition) is 3. The summed E-state index contributed by atoms with van der Waals surface area (Å²) in [6, 6.07) is 3.12. The Kier molecular flexibility index (Phi) is 4.12. The molecule has 92 valence electrons. The monoisotopic (exact) mass is 245 g/mol. The lowest BCUT2D eigenvalue weighted by atomic mass is 10.1. The quantitative estimate of drug-likeness (QED) is 0.507. The van der Waals surface area contributed by atoms with E-state index in [1.807, 2.05) is 5.92 Å². The van der Waals surface area contributed by atoms with Crippen molar-refractivity contribution in [2.45, 2.75) is 19.0 Å². The van der Waals surface area contributed by atoms with E-state index in [1.165, 1.54) is 6.07 Å². The summed E-state index contributed by atoms with van der Waals surface area (Å²) in [6.45, 7) is -0.0553. The third-order valence-corrected chi connectivity index (χ3v) is 1.90. The largest absolute Gasteiger partial charge is 0.416 e. The maximum Gasteiger partial charge on any atom is 0.416 e. The van der Waals surface area contributed by atoms with E-state index in [9.17, 15) is 13.2 Å². The van der Waals surface area contributed by atoms with Gasteiger partial charge in [-0.25, -0.2) is 0 Å². The lowest BCUT2D eigenvalue weighted by Crippen LogP contribution is -2.08. The Labute approximate surface area is 95.7 Å². The molecule has 0 atom stereocenters. The summed E-state index contributed by atoms with van der Waals surface area (Å²) >= 11 is 0. The predicted molar refractivity (Wildman–Crippen MR) is 54.4 cm³/mol. The first-order chi connectivity index (χ1) is 7.82. The minimum atomic E-state index is -4.49. The van der Waals surface area contributed by atoms with Gasteiger partial charge in [-0.1, -0.05) is 5.92 Å². The summed E-state index contributed by atoms with van der Waals surface area (Å²) in [7, 11) is 0. The molecule has 17 heavy (non-hydrogen) atoms. The van der Waals surface area contributed by atoms with E-state index in [4.69, 9.17) is 15.9 Å². The van der Waals surface area contributed by atoms with E-state index in [2.05, 4.69) is 5.92 Å². The number of rotatable bonds is 1. The van der Waals surface area contributed by atoms with E-state index >= 15 is 0 Å². The van der Waals surface area contributed by atoms with Crippen LogP contribution in [-0.2, 0) is 12.7 Å². The SMILES string of the molecule is NCc1cc(C#CC(O)O)cc(C(F)(F)F)c1. The number of alkyl halides is 3. The van der Waals surface area contributed by atoms with Gasteiger partial charge in [-0.2, -0.15) is 13.2 Å². The number of aliphatic hydroxyl groups is 2. The molecule has 1 rings (SSSR count). The van der Waals surface area contributed by atoms with E-state index in [-0.39, 0.29) is 17.7 Å². The highest BCUT2D eigenvalue weighted by atomic mass is 19.4. The van der Waals surface area contributed by atoms with Crippen molar-refractivity contribution < 1.29 is 23.4 Å². The van der Waals surface area contributed by atoms with Gasteiger partial charge in [0.1, 0.15) is 0 Å². The minimum Gasteiger partial charge on any atom is -0.358 e. The van der Waals surface area contributed by atoms with Crippen molar-refractivity contribution in [2.24, 2.45) is 5.73 Å². The molecule has 0 aliphatic rings. The number of halogens is 3. The fraction of sp³-hybridized carbons (Fsp3) is 0.273. The third-order valence-electron chi connectivity index (χ3n) is 1.90. The molecule has 0 unspecified atom stereocenters. The molecule has 6 heteroatoms. The molecular weight excluding hydrogens is 235 g/mol. The van der Waals surface area contributed by atoms with Gasteiger partial charge in [0.25, 0.3) is 0 Å². The molecule has 0 amide bonds. The van der Waals surface area contributed by atoms with Crippen LogP contribution < -0.4 is 5.73 Å². The Morgan fingerprint density at radius 3 is 2.35 bits per heavy atom. The second-order valence-electron chi connectivity index (χ2n) is 3.26. The van der Waals surface area contributed by atoms with Crippen molar-refractivity contribution in [1.82, 2.24) is 0 Å². The van der Waals surface area contributed by atoms with Gasteiger partial charge in [-0.05, 0) is 29.7 Å². The van der Waals surface area contributed by atoms with Crippen LogP contribution in [0, 0.1) is 11.8 Å². The van der Waals surface area contributed by atoms with Crippen molar-refractivity contribution in [3.63, 3.8) is 0 Å². The Bertz CT molecular complexity index is 458. The molecule has 0 saturated heterocycles. The standard InChI is InChI=1S/C11H10F3NO2/c12-11(13,14)9-4-7(1-2-10(16)17)3-8(5-9)6-15/h3-5,10,16-17H,6,15H2. The fourth-order valence-corrected chi connectivity index (χ4v) is 1.19. The molecule has 1 aromatic carbocycles. The average molecular weight is 245 g/mol. The van der Waals surface area contributed by atoms with Crippen molar-refractivity contribution >= 4 is 0 Å². The lowest BCUT2D eigenvalue weighted by molar-refractivity contribution is -0.137. The van der Waals surface area contributed by atoms with Crippen LogP contribution in [0.25, 0.3) is 0 Å². The highest BCUT2D eigenvalue weighted by Crippen LogP contribution is 2.30. The van der Waals surface area contributed by atoms with Crippen LogP contribution in [0.2, 0.25) is 0 Å². The summed E-state index contributed by atoms with van der Waals surface area (Å²) in [5.74, 6) is 4.17. The minimum absolute atomic E-state index is 0.0355. The molecule has 0 aliphatic heterocycles. The van der Waals surface area contributed by atoms with Crippen LogP contribution in [0.15, 0.2) is 18.2 Å². The highest BCUT2D eigenvalue weighted by molar-refractivity contribution is 5.41. The first-order valence-electron chi connectivity index (χ1n) is 4.62. The lowest BCUT2D eigenvalue weighted by Gasteiger charge is -2.09. The number of aliphatic hydroxyl groups excluding tert-OH is 1. The van der Waals surface area contributed by atoms with E-state index < -0.39 is 18.0 Å². The topological polar surface area (TPSA) is 66.5 Å². The van der Waals surface area contributed by atoms with Gasteiger partial charge in [0.15, 0.2) is 0 Å². The normalized spacial score (nSPS) is 11.2. The predicted octanol–water partition coefficient (Wildman–Crippen LogP) is 0.826. The maximum absolute atomic E-state index is 12.5. The molecule has 0 spiro atoms. The molecule has 1 aromatic rings. The van der Waals surface area contributed by atoms with Crippen molar-refractivity contribution in [2.75, 3.05) is 0 Å². The van der Waals surface area contributed by atoms with Gasteiger partial charge >= 0.3 is 6.18 Å². The Balaban J connectivity index is 3.21. The van der Waals surface area contributed by atoms with Crippen LogP contribution in [0.1, 0.15) is 16.7 Å². The van der Waals surface area contributed by atoms with Crippen LogP contribution in [0.5, 0.6) is 0 Å². The smallest absolute Gasteiger partial charge is 0.358 e. The Hall–Kier alpha value is -1.55. The summed E-state index contributed by atoms with van der Waals surface area (Å²) in [5, 5.41) is 17.0. The molecule has 0 aliphatic carbocycles. The maximum atomic E-state index is 12.5. The average Bonchev–Trinajstić information content (AvgIpc) is 2.24. The van der Waals surface area contributed by atoms with Gasteiger partial charge < -0.3 is 15.9 Å². The van der Waals surface area contributed by atoms with Crippen molar-refractivity contribution in [3.05, 3.63) is 34.9 Å². The van der Waals surface area contributed by atoms with Gasteiger partial charge in [-0.3, -0.25) is 0 Å². The second kappa shape index (κ2) is 5.19. The van der Waals surface area contributed by atoms with E-state index in [0.29, 0.717) is 0 Å². The van der Waals surface area contributed by atoms with Gasteiger partial charge in [0.05, 0.1) is 5.56 Å². The van der Waals surface area contributed by atoms with Gasteiger partial charge in [0.2, 0.25) is 6.29 Å². The van der Waals surface area contributed by atoms with Crippen LogP contribution >= 0.6 is 0 Å². The molecule has 0 saturated carbocycles. The number of benzene rings is 1. The molecular formula is C11H10F3NO2. The molecule has 0 heterocycles.